The zero-order valence-corrected chi connectivity index (χ0v) is 10.4. The molecule has 1 amide bonds. The van der Waals surface area contributed by atoms with E-state index in [0.717, 1.165) is 4.47 Å². The van der Waals surface area contributed by atoms with E-state index in [2.05, 4.69) is 21.2 Å². The predicted molar refractivity (Wildman–Crippen MR) is 64.0 cm³/mol. The molecule has 0 spiro atoms. The van der Waals surface area contributed by atoms with Crippen LogP contribution in [-0.4, -0.2) is 18.5 Å². The number of hydrogen-bond donors (Lipinski definition) is 1. The van der Waals surface area contributed by atoms with Gasteiger partial charge in [-0.15, -0.1) is 0 Å². The third-order valence-corrected chi connectivity index (χ3v) is 2.25. The van der Waals surface area contributed by atoms with E-state index in [4.69, 9.17) is 4.74 Å². The fourth-order valence-electron chi connectivity index (χ4n) is 1.01. The zero-order chi connectivity index (χ0) is 12.0. The molecule has 0 aliphatic rings. The van der Waals surface area contributed by atoms with E-state index in [1.54, 1.807) is 25.1 Å². The minimum atomic E-state index is -0.385. The van der Waals surface area contributed by atoms with Crippen molar-refractivity contribution in [2.45, 2.75) is 13.3 Å². The lowest BCUT2D eigenvalue weighted by atomic mass is 10.3. The predicted octanol–water partition coefficient (Wildman–Crippen LogP) is 2.34. The van der Waals surface area contributed by atoms with Crippen LogP contribution in [-0.2, 0) is 14.3 Å². The molecule has 1 rings (SSSR count). The largest absolute Gasteiger partial charge is 0.456 e. The molecule has 5 heteroatoms. The van der Waals surface area contributed by atoms with Gasteiger partial charge in [-0.2, -0.15) is 0 Å². The summed E-state index contributed by atoms with van der Waals surface area (Å²) < 4.78 is 5.56. The van der Waals surface area contributed by atoms with Crippen molar-refractivity contribution in [3.63, 3.8) is 0 Å². The van der Waals surface area contributed by atoms with Gasteiger partial charge < -0.3 is 10.1 Å². The van der Waals surface area contributed by atoms with Gasteiger partial charge in [0, 0.05) is 16.6 Å². The number of carbonyl (C=O) groups is 2. The van der Waals surface area contributed by atoms with Crippen LogP contribution in [0.25, 0.3) is 0 Å². The monoisotopic (exact) mass is 285 g/mol. The van der Waals surface area contributed by atoms with E-state index in [1.807, 2.05) is 6.07 Å². The Morgan fingerprint density at radius 2 is 2.19 bits per heavy atom. The highest BCUT2D eigenvalue weighted by molar-refractivity contribution is 9.10. The van der Waals surface area contributed by atoms with Crippen molar-refractivity contribution in [2.75, 3.05) is 11.9 Å². The molecular formula is C11H12BrNO3. The summed E-state index contributed by atoms with van der Waals surface area (Å²) in [6.45, 7) is 1.42. The van der Waals surface area contributed by atoms with Gasteiger partial charge in [0.2, 0.25) is 0 Å². The number of esters is 1. The van der Waals surface area contributed by atoms with Crippen molar-refractivity contribution in [1.29, 1.82) is 0 Å². The number of benzene rings is 1. The van der Waals surface area contributed by atoms with E-state index in [0.29, 0.717) is 5.69 Å². The van der Waals surface area contributed by atoms with E-state index >= 15 is 0 Å². The minimum Gasteiger partial charge on any atom is -0.456 e. The lowest BCUT2D eigenvalue weighted by Crippen LogP contribution is -2.20. The first-order chi connectivity index (χ1) is 7.61. The molecule has 0 saturated heterocycles. The first-order valence-corrected chi connectivity index (χ1v) is 5.62. The molecule has 0 heterocycles. The summed E-state index contributed by atoms with van der Waals surface area (Å²) in [5.74, 6) is -0.732. The highest BCUT2D eigenvalue weighted by Crippen LogP contribution is 2.15. The van der Waals surface area contributed by atoms with Crippen LogP contribution in [0, 0.1) is 0 Å². The molecule has 0 aromatic heterocycles. The van der Waals surface area contributed by atoms with Crippen LogP contribution >= 0.6 is 15.9 Å². The molecule has 4 nitrogen and oxygen atoms in total. The number of nitrogens with one attached hydrogen (secondary N) is 1. The Hall–Kier alpha value is -1.36. The molecule has 1 aromatic carbocycles. The summed E-state index contributed by atoms with van der Waals surface area (Å²) in [6, 6.07) is 7.17. The Morgan fingerprint density at radius 3 is 2.81 bits per heavy atom. The van der Waals surface area contributed by atoms with Gasteiger partial charge in [0.1, 0.15) is 0 Å². The average Bonchev–Trinajstić information content (AvgIpc) is 2.26. The van der Waals surface area contributed by atoms with Crippen LogP contribution in [0.4, 0.5) is 5.69 Å². The summed E-state index contributed by atoms with van der Waals surface area (Å²) in [5.41, 5.74) is 0.659. The van der Waals surface area contributed by atoms with Crippen molar-refractivity contribution >= 4 is 33.5 Å². The molecule has 16 heavy (non-hydrogen) atoms. The van der Waals surface area contributed by atoms with E-state index < -0.39 is 0 Å². The molecule has 1 aromatic rings. The molecule has 0 aliphatic heterocycles. The maximum Gasteiger partial charge on any atom is 0.306 e. The molecule has 1 N–H and O–H groups in total. The number of anilines is 1. The molecule has 0 aliphatic carbocycles. The Balaban J connectivity index is 2.43. The summed E-state index contributed by atoms with van der Waals surface area (Å²) in [4.78, 5) is 22.2. The maximum absolute atomic E-state index is 11.3. The topological polar surface area (TPSA) is 55.4 Å². The quantitative estimate of drug-likeness (QED) is 0.864. The van der Waals surface area contributed by atoms with Crippen molar-refractivity contribution in [2.24, 2.45) is 0 Å². The third kappa shape index (κ3) is 4.44. The van der Waals surface area contributed by atoms with Gasteiger partial charge in [0.05, 0.1) is 0 Å². The normalized spacial score (nSPS) is 9.62. The summed E-state index contributed by atoms with van der Waals surface area (Å²) in [6.07, 6.45) is 0.268. The molecule has 0 bridgehead atoms. The highest BCUT2D eigenvalue weighted by Gasteiger charge is 2.05. The molecule has 0 atom stereocenters. The Labute approximate surface area is 102 Å². The van der Waals surface area contributed by atoms with Crippen molar-refractivity contribution < 1.29 is 14.3 Å². The third-order valence-electron chi connectivity index (χ3n) is 1.76. The Morgan fingerprint density at radius 1 is 1.44 bits per heavy atom. The van der Waals surface area contributed by atoms with Crippen LogP contribution in [0.3, 0.4) is 0 Å². The number of hydrogen-bond acceptors (Lipinski definition) is 3. The van der Waals surface area contributed by atoms with E-state index in [1.165, 1.54) is 0 Å². The fourth-order valence-corrected chi connectivity index (χ4v) is 1.41. The SMILES string of the molecule is CCC(=O)OCC(=O)Nc1cccc(Br)c1. The van der Waals surface area contributed by atoms with Crippen molar-refractivity contribution in [3.05, 3.63) is 28.7 Å². The van der Waals surface area contributed by atoms with Crippen LogP contribution in [0.15, 0.2) is 28.7 Å². The van der Waals surface area contributed by atoms with E-state index in [-0.39, 0.29) is 24.9 Å². The molecule has 0 saturated carbocycles. The summed E-state index contributed by atoms with van der Waals surface area (Å²) in [7, 11) is 0. The average molecular weight is 286 g/mol. The van der Waals surface area contributed by atoms with Crippen LogP contribution < -0.4 is 5.32 Å². The van der Waals surface area contributed by atoms with Gasteiger partial charge in [0.15, 0.2) is 6.61 Å². The van der Waals surface area contributed by atoms with Crippen LogP contribution in [0.5, 0.6) is 0 Å². The number of amides is 1. The Kier molecular flexibility index (Phi) is 4.98. The first-order valence-electron chi connectivity index (χ1n) is 4.83. The number of ether oxygens (including phenoxy) is 1. The number of carbonyl (C=O) groups excluding carboxylic acids is 2. The standard InChI is InChI=1S/C11H12BrNO3/c1-2-11(15)16-7-10(14)13-9-5-3-4-8(12)6-9/h3-6H,2,7H2,1H3,(H,13,14). The number of rotatable bonds is 4. The van der Waals surface area contributed by atoms with Crippen LogP contribution in [0.2, 0.25) is 0 Å². The first kappa shape index (κ1) is 12.7. The van der Waals surface area contributed by atoms with Gasteiger partial charge >= 0.3 is 5.97 Å². The van der Waals surface area contributed by atoms with Gasteiger partial charge in [-0.3, -0.25) is 9.59 Å². The maximum atomic E-state index is 11.3. The van der Waals surface area contributed by atoms with Crippen LogP contribution in [0.1, 0.15) is 13.3 Å². The van der Waals surface area contributed by atoms with E-state index in [9.17, 15) is 9.59 Å². The fraction of sp³-hybridized carbons (Fsp3) is 0.273. The second kappa shape index (κ2) is 6.27. The van der Waals surface area contributed by atoms with Gasteiger partial charge in [-0.1, -0.05) is 28.9 Å². The lowest BCUT2D eigenvalue weighted by molar-refractivity contribution is -0.146. The second-order valence-corrected chi connectivity index (χ2v) is 3.99. The summed E-state index contributed by atoms with van der Waals surface area (Å²) in [5, 5.41) is 2.62. The molecule has 0 unspecified atom stereocenters. The minimum absolute atomic E-state index is 0.251. The van der Waals surface area contributed by atoms with Crippen molar-refractivity contribution in [1.82, 2.24) is 0 Å². The van der Waals surface area contributed by atoms with Crippen molar-refractivity contribution in [3.8, 4) is 0 Å². The van der Waals surface area contributed by atoms with Gasteiger partial charge in [-0.05, 0) is 18.2 Å². The molecule has 0 fully saturated rings. The number of halogens is 1. The molecule has 0 radical (unpaired) electrons. The smallest absolute Gasteiger partial charge is 0.306 e. The second-order valence-electron chi connectivity index (χ2n) is 3.07. The lowest BCUT2D eigenvalue weighted by Gasteiger charge is -2.05. The zero-order valence-electron chi connectivity index (χ0n) is 8.83. The van der Waals surface area contributed by atoms with Gasteiger partial charge in [-0.25, -0.2) is 0 Å². The highest BCUT2D eigenvalue weighted by atomic mass is 79.9. The molecular weight excluding hydrogens is 274 g/mol. The summed E-state index contributed by atoms with van der Waals surface area (Å²) >= 11 is 3.29. The molecule has 86 valence electrons. The Bertz CT molecular complexity index is 393. The van der Waals surface area contributed by atoms with Gasteiger partial charge in [0.25, 0.3) is 5.91 Å².